The molecule has 6 nitrogen and oxygen atoms in total. The molecule has 1 amide bonds. The van der Waals surface area contributed by atoms with E-state index in [1.54, 1.807) is 12.4 Å². The van der Waals surface area contributed by atoms with Crippen LogP contribution in [0, 0.1) is 0 Å². The molecule has 1 N–H and O–H groups in total. The molecule has 0 unspecified atom stereocenters. The number of nitrogens with one attached hydrogen (secondary N) is 1. The average molecular weight is 364 g/mol. The number of hydrogen-bond acceptors (Lipinski definition) is 5. The van der Waals surface area contributed by atoms with Gasteiger partial charge in [-0.3, -0.25) is 4.98 Å². The van der Waals surface area contributed by atoms with Crippen LogP contribution < -0.4 is 5.32 Å². The standard InChI is InChI=1S/C21H20N2O4/c1-26-20(24)19(23-21(25)27-14-15-5-3-2-4-6-15)12-16-7-8-17-9-10-22-13-18(17)11-16/h2-11,13,19H,12,14H2,1H3,(H,23,25)/t19-/m1/s1. The first kappa shape index (κ1) is 18.4. The van der Waals surface area contributed by atoms with Crippen LogP contribution in [0.15, 0.2) is 67.0 Å². The lowest BCUT2D eigenvalue weighted by Gasteiger charge is -2.17. The number of carbonyl (C=O) groups is 2. The fourth-order valence-electron chi connectivity index (χ4n) is 2.74. The van der Waals surface area contributed by atoms with E-state index in [0.717, 1.165) is 21.9 Å². The number of esters is 1. The topological polar surface area (TPSA) is 77.5 Å². The van der Waals surface area contributed by atoms with Crippen LogP contribution in [0.4, 0.5) is 4.79 Å². The van der Waals surface area contributed by atoms with Gasteiger partial charge in [-0.15, -0.1) is 0 Å². The van der Waals surface area contributed by atoms with E-state index < -0.39 is 18.1 Å². The van der Waals surface area contributed by atoms with Gasteiger partial charge in [-0.1, -0.05) is 42.5 Å². The zero-order valence-corrected chi connectivity index (χ0v) is 14.9. The van der Waals surface area contributed by atoms with Crippen molar-refractivity contribution in [3.8, 4) is 0 Å². The average Bonchev–Trinajstić information content (AvgIpc) is 2.72. The van der Waals surface area contributed by atoms with E-state index in [-0.39, 0.29) is 13.0 Å². The number of fused-ring (bicyclic) bond motifs is 1. The molecule has 0 spiro atoms. The van der Waals surface area contributed by atoms with Gasteiger partial charge >= 0.3 is 12.1 Å². The van der Waals surface area contributed by atoms with E-state index in [4.69, 9.17) is 9.47 Å². The van der Waals surface area contributed by atoms with Gasteiger partial charge < -0.3 is 14.8 Å². The van der Waals surface area contributed by atoms with Crippen molar-refractivity contribution < 1.29 is 19.1 Å². The summed E-state index contributed by atoms with van der Waals surface area (Å²) in [6, 6.07) is 16.2. The molecule has 1 heterocycles. The minimum atomic E-state index is -0.840. The summed E-state index contributed by atoms with van der Waals surface area (Å²) in [5, 5.41) is 4.60. The summed E-state index contributed by atoms with van der Waals surface area (Å²) in [6.07, 6.45) is 3.10. The maximum absolute atomic E-state index is 12.1. The highest BCUT2D eigenvalue weighted by Crippen LogP contribution is 2.16. The number of ether oxygens (including phenoxy) is 2. The minimum Gasteiger partial charge on any atom is -0.467 e. The molecule has 3 rings (SSSR count). The van der Waals surface area contributed by atoms with E-state index in [1.807, 2.05) is 54.6 Å². The van der Waals surface area contributed by atoms with Gasteiger partial charge in [0.15, 0.2) is 0 Å². The van der Waals surface area contributed by atoms with Gasteiger partial charge in [0.25, 0.3) is 0 Å². The van der Waals surface area contributed by atoms with Crippen molar-refractivity contribution in [1.29, 1.82) is 0 Å². The first-order valence-corrected chi connectivity index (χ1v) is 8.53. The van der Waals surface area contributed by atoms with E-state index >= 15 is 0 Å². The third-order valence-electron chi connectivity index (χ3n) is 4.14. The van der Waals surface area contributed by atoms with Crippen LogP contribution in [0.25, 0.3) is 10.8 Å². The van der Waals surface area contributed by atoms with Gasteiger partial charge in [-0.25, -0.2) is 9.59 Å². The molecule has 0 aliphatic carbocycles. The van der Waals surface area contributed by atoms with Gasteiger partial charge in [-0.05, 0) is 28.6 Å². The smallest absolute Gasteiger partial charge is 0.408 e. The number of amides is 1. The van der Waals surface area contributed by atoms with Crippen LogP contribution in [0.1, 0.15) is 11.1 Å². The second kappa shape index (κ2) is 8.80. The number of nitrogens with zero attached hydrogens (tertiary/aromatic N) is 1. The Bertz CT molecular complexity index is 928. The van der Waals surface area contributed by atoms with Gasteiger partial charge in [0, 0.05) is 24.2 Å². The fraction of sp³-hybridized carbons (Fsp3) is 0.190. The third-order valence-corrected chi connectivity index (χ3v) is 4.14. The number of methoxy groups -OCH3 is 1. The molecule has 27 heavy (non-hydrogen) atoms. The summed E-state index contributed by atoms with van der Waals surface area (Å²) < 4.78 is 10.0. The maximum Gasteiger partial charge on any atom is 0.408 e. The molecule has 0 bridgehead atoms. The largest absolute Gasteiger partial charge is 0.467 e. The predicted molar refractivity (Wildman–Crippen MR) is 101 cm³/mol. The van der Waals surface area contributed by atoms with Gasteiger partial charge in [0.2, 0.25) is 0 Å². The summed E-state index contributed by atoms with van der Waals surface area (Å²) in [6.45, 7) is 0.127. The van der Waals surface area contributed by atoms with Crippen molar-refractivity contribution in [2.45, 2.75) is 19.1 Å². The third kappa shape index (κ3) is 5.04. The second-order valence-electron chi connectivity index (χ2n) is 6.04. The lowest BCUT2D eigenvalue weighted by Crippen LogP contribution is -2.43. The Morgan fingerprint density at radius 3 is 2.63 bits per heavy atom. The number of rotatable bonds is 6. The van der Waals surface area contributed by atoms with Crippen LogP contribution in [-0.2, 0) is 27.3 Å². The van der Waals surface area contributed by atoms with Crippen molar-refractivity contribution in [3.63, 3.8) is 0 Å². The van der Waals surface area contributed by atoms with E-state index in [9.17, 15) is 9.59 Å². The van der Waals surface area contributed by atoms with Crippen LogP contribution in [0.2, 0.25) is 0 Å². The molecule has 0 saturated heterocycles. The summed E-state index contributed by atoms with van der Waals surface area (Å²) in [7, 11) is 1.29. The molecule has 1 aromatic heterocycles. The summed E-state index contributed by atoms with van der Waals surface area (Å²) in [5.74, 6) is -0.530. The first-order chi connectivity index (χ1) is 13.2. The highest BCUT2D eigenvalue weighted by Gasteiger charge is 2.23. The lowest BCUT2D eigenvalue weighted by molar-refractivity contribution is -0.143. The fourth-order valence-corrected chi connectivity index (χ4v) is 2.74. The zero-order chi connectivity index (χ0) is 19.1. The van der Waals surface area contributed by atoms with Crippen molar-refractivity contribution >= 4 is 22.8 Å². The Kier molecular flexibility index (Phi) is 5.99. The molecule has 0 radical (unpaired) electrons. The molecular weight excluding hydrogens is 344 g/mol. The van der Waals surface area contributed by atoms with Crippen LogP contribution in [0.3, 0.4) is 0 Å². The Balaban J connectivity index is 1.65. The minimum absolute atomic E-state index is 0.127. The quantitative estimate of drug-likeness (QED) is 0.680. The zero-order valence-electron chi connectivity index (χ0n) is 14.9. The summed E-state index contributed by atoms with van der Waals surface area (Å²) in [5.41, 5.74) is 1.75. The van der Waals surface area contributed by atoms with Crippen LogP contribution in [0.5, 0.6) is 0 Å². The normalized spacial score (nSPS) is 11.6. The Hall–Kier alpha value is -3.41. The Morgan fingerprint density at radius 1 is 1.04 bits per heavy atom. The monoisotopic (exact) mass is 364 g/mol. The maximum atomic E-state index is 12.1. The second-order valence-corrected chi connectivity index (χ2v) is 6.04. The molecular formula is C21H20N2O4. The van der Waals surface area contributed by atoms with Gasteiger partial charge in [0.05, 0.1) is 7.11 Å². The molecule has 1 atom stereocenters. The van der Waals surface area contributed by atoms with Crippen molar-refractivity contribution in [2.75, 3.05) is 7.11 Å². The molecule has 2 aromatic carbocycles. The van der Waals surface area contributed by atoms with Crippen molar-refractivity contribution in [2.24, 2.45) is 0 Å². The van der Waals surface area contributed by atoms with Crippen molar-refractivity contribution in [3.05, 3.63) is 78.1 Å². The number of hydrogen-bond donors (Lipinski definition) is 1. The molecule has 0 aliphatic rings. The highest BCUT2D eigenvalue weighted by atomic mass is 16.6. The Labute approximate surface area is 157 Å². The molecule has 0 saturated carbocycles. The highest BCUT2D eigenvalue weighted by molar-refractivity contribution is 5.84. The molecule has 6 heteroatoms. The molecule has 0 aliphatic heterocycles. The van der Waals surface area contributed by atoms with E-state index in [0.29, 0.717) is 0 Å². The molecule has 0 fully saturated rings. The number of alkyl carbamates (subject to hydrolysis) is 1. The van der Waals surface area contributed by atoms with Crippen LogP contribution >= 0.6 is 0 Å². The lowest BCUT2D eigenvalue weighted by atomic mass is 10.0. The molecule has 138 valence electrons. The summed E-state index contributed by atoms with van der Waals surface area (Å²) in [4.78, 5) is 28.3. The van der Waals surface area contributed by atoms with Crippen LogP contribution in [-0.4, -0.2) is 30.2 Å². The SMILES string of the molecule is COC(=O)[C@@H](Cc1ccc2ccncc2c1)NC(=O)OCc1ccccc1. The number of carbonyl (C=O) groups excluding carboxylic acids is 2. The number of pyridine rings is 1. The first-order valence-electron chi connectivity index (χ1n) is 8.53. The van der Waals surface area contributed by atoms with E-state index in [1.165, 1.54) is 7.11 Å². The number of benzene rings is 2. The number of aromatic nitrogens is 1. The van der Waals surface area contributed by atoms with Gasteiger partial charge in [0.1, 0.15) is 12.6 Å². The van der Waals surface area contributed by atoms with E-state index in [2.05, 4.69) is 10.3 Å². The van der Waals surface area contributed by atoms with Crippen molar-refractivity contribution in [1.82, 2.24) is 10.3 Å². The molecule has 3 aromatic rings. The summed E-state index contributed by atoms with van der Waals surface area (Å²) >= 11 is 0. The van der Waals surface area contributed by atoms with Gasteiger partial charge in [-0.2, -0.15) is 0 Å². The predicted octanol–water partition coefficient (Wildman–Crippen LogP) is 3.25. The Morgan fingerprint density at radius 2 is 1.85 bits per heavy atom.